The molecule has 1 aromatic carbocycles. The van der Waals surface area contributed by atoms with Crippen molar-refractivity contribution in [1.29, 1.82) is 0 Å². The van der Waals surface area contributed by atoms with Gasteiger partial charge in [-0.05, 0) is 49.9 Å². The quantitative estimate of drug-likeness (QED) is 0.541. The topological polar surface area (TPSA) is 48.0 Å². The molecule has 1 aliphatic rings. The lowest BCUT2D eigenvalue weighted by Crippen LogP contribution is -2.51. The lowest BCUT2D eigenvalue weighted by molar-refractivity contribution is -0.153. The molecule has 1 saturated heterocycles. The Labute approximate surface area is 144 Å². The Morgan fingerprint density at radius 3 is 2.67 bits per heavy atom. The second-order valence-electron chi connectivity index (χ2n) is 6.05. The summed E-state index contributed by atoms with van der Waals surface area (Å²) in [5, 5.41) is 0. The van der Waals surface area contributed by atoms with Gasteiger partial charge in [-0.3, -0.25) is 9.69 Å². The molecule has 0 amide bonds. The largest absolute Gasteiger partial charge is 0.493 e. The third-order valence-electron chi connectivity index (χ3n) is 4.79. The molecule has 0 N–H and O–H groups in total. The number of hydrogen-bond acceptors (Lipinski definition) is 5. The fourth-order valence-electron chi connectivity index (χ4n) is 3.53. The van der Waals surface area contributed by atoms with Crippen LogP contribution in [0.25, 0.3) is 0 Å². The Balaban J connectivity index is 2.12. The highest BCUT2D eigenvalue weighted by Gasteiger charge is 2.47. The molecule has 0 aromatic heterocycles. The van der Waals surface area contributed by atoms with Crippen LogP contribution < -0.4 is 9.47 Å². The molecular formula is C19H27NO4. The zero-order chi connectivity index (χ0) is 17.6. The van der Waals surface area contributed by atoms with Gasteiger partial charge in [0.1, 0.15) is 5.54 Å². The van der Waals surface area contributed by atoms with Gasteiger partial charge >= 0.3 is 5.97 Å². The van der Waals surface area contributed by atoms with Gasteiger partial charge in [-0.25, -0.2) is 0 Å². The predicted octanol–water partition coefficient (Wildman–Crippen LogP) is 2.83. The Hall–Kier alpha value is -2.01. The third kappa shape index (κ3) is 3.56. The minimum Gasteiger partial charge on any atom is -0.493 e. The SMILES string of the molecule is C=CCC1(C(=O)OC)CCCN1CCc1ccc(OC)c(OC)c1. The molecule has 5 heteroatoms. The van der Waals surface area contributed by atoms with Crippen LogP contribution in [0.15, 0.2) is 30.9 Å². The summed E-state index contributed by atoms with van der Waals surface area (Å²) in [6.45, 7) is 5.50. The minimum atomic E-state index is -0.562. The summed E-state index contributed by atoms with van der Waals surface area (Å²) in [6.07, 6.45) is 5.07. The molecule has 2 rings (SSSR count). The Kier molecular flexibility index (Phi) is 6.26. The highest BCUT2D eigenvalue weighted by Crippen LogP contribution is 2.34. The van der Waals surface area contributed by atoms with Gasteiger partial charge in [0, 0.05) is 6.54 Å². The maximum atomic E-state index is 12.4. The van der Waals surface area contributed by atoms with Crippen LogP contribution in [-0.2, 0) is 16.0 Å². The summed E-state index contributed by atoms with van der Waals surface area (Å²) in [7, 11) is 4.72. The van der Waals surface area contributed by atoms with Crippen LogP contribution in [0.3, 0.4) is 0 Å². The first-order valence-electron chi connectivity index (χ1n) is 8.26. The number of rotatable bonds is 8. The van der Waals surface area contributed by atoms with Crippen LogP contribution in [0.1, 0.15) is 24.8 Å². The van der Waals surface area contributed by atoms with E-state index in [0.29, 0.717) is 6.42 Å². The molecule has 5 nitrogen and oxygen atoms in total. The number of benzene rings is 1. The van der Waals surface area contributed by atoms with Gasteiger partial charge in [0.2, 0.25) is 0 Å². The van der Waals surface area contributed by atoms with Crippen LogP contribution in [-0.4, -0.2) is 50.8 Å². The number of esters is 1. The molecular weight excluding hydrogens is 306 g/mol. The number of hydrogen-bond donors (Lipinski definition) is 0. The van der Waals surface area contributed by atoms with E-state index in [9.17, 15) is 4.79 Å². The minimum absolute atomic E-state index is 0.160. The van der Waals surface area contributed by atoms with E-state index in [-0.39, 0.29) is 5.97 Å². The van der Waals surface area contributed by atoms with E-state index in [1.165, 1.54) is 7.11 Å². The molecule has 1 fully saturated rings. The lowest BCUT2D eigenvalue weighted by Gasteiger charge is -2.35. The molecule has 0 bridgehead atoms. The Bertz CT molecular complexity index is 587. The first-order chi connectivity index (χ1) is 11.6. The van der Waals surface area contributed by atoms with Crippen LogP contribution in [0, 0.1) is 0 Å². The smallest absolute Gasteiger partial charge is 0.326 e. The van der Waals surface area contributed by atoms with E-state index < -0.39 is 5.54 Å². The molecule has 1 atom stereocenters. The number of methoxy groups -OCH3 is 3. The summed E-state index contributed by atoms with van der Waals surface area (Å²) in [5.41, 5.74) is 0.587. The van der Waals surface area contributed by atoms with E-state index in [2.05, 4.69) is 11.5 Å². The highest BCUT2D eigenvalue weighted by molar-refractivity contribution is 5.81. The van der Waals surface area contributed by atoms with Crippen molar-refractivity contribution in [2.45, 2.75) is 31.2 Å². The molecule has 0 spiro atoms. The first kappa shape index (κ1) is 18.3. The van der Waals surface area contributed by atoms with Crippen molar-refractivity contribution in [1.82, 2.24) is 4.90 Å². The van der Waals surface area contributed by atoms with Crippen molar-refractivity contribution in [3.05, 3.63) is 36.4 Å². The summed E-state index contributed by atoms with van der Waals surface area (Å²) < 4.78 is 15.7. The summed E-state index contributed by atoms with van der Waals surface area (Å²) in [6, 6.07) is 5.93. The molecule has 1 aliphatic heterocycles. The van der Waals surface area contributed by atoms with E-state index in [0.717, 1.165) is 49.4 Å². The van der Waals surface area contributed by atoms with Crippen molar-refractivity contribution < 1.29 is 19.0 Å². The monoisotopic (exact) mass is 333 g/mol. The number of ether oxygens (including phenoxy) is 3. The van der Waals surface area contributed by atoms with E-state index in [1.54, 1.807) is 14.2 Å². The Morgan fingerprint density at radius 2 is 2.04 bits per heavy atom. The molecule has 24 heavy (non-hydrogen) atoms. The maximum Gasteiger partial charge on any atom is 0.326 e. The van der Waals surface area contributed by atoms with E-state index in [1.807, 2.05) is 24.3 Å². The molecule has 0 aliphatic carbocycles. The second kappa shape index (κ2) is 8.20. The zero-order valence-corrected chi connectivity index (χ0v) is 14.8. The second-order valence-corrected chi connectivity index (χ2v) is 6.05. The van der Waals surface area contributed by atoms with Crippen LogP contribution in [0.5, 0.6) is 11.5 Å². The fourth-order valence-corrected chi connectivity index (χ4v) is 3.53. The third-order valence-corrected chi connectivity index (χ3v) is 4.79. The number of likely N-dealkylation sites (tertiary alicyclic amines) is 1. The molecule has 0 saturated carbocycles. The molecule has 1 heterocycles. The average Bonchev–Trinajstić information content (AvgIpc) is 3.02. The number of carbonyl (C=O) groups excluding carboxylic acids is 1. The van der Waals surface area contributed by atoms with E-state index in [4.69, 9.17) is 14.2 Å². The van der Waals surface area contributed by atoms with Gasteiger partial charge in [0.15, 0.2) is 11.5 Å². The van der Waals surface area contributed by atoms with Gasteiger partial charge in [-0.15, -0.1) is 6.58 Å². The van der Waals surface area contributed by atoms with Crippen molar-refractivity contribution in [2.75, 3.05) is 34.4 Å². The zero-order valence-electron chi connectivity index (χ0n) is 14.8. The first-order valence-corrected chi connectivity index (χ1v) is 8.26. The van der Waals surface area contributed by atoms with Crippen molar-refractivity contribution >= 4 is 5.97 Å². The van der Waals surface area contributed by atoms with Crippen molar-refractivity contribution in [3.8, 4) is 11.5 Å². The number of carbonyl (C=O) groups is 1. The number of nitrogens with zero attached hydrogens (tertiary/aromatic N) is 1. The Morgan fingerprint density at radius 1 is 1.29 bits per heavy atom. The van der Waals surface area contributed by atoms with Gasteiger partial charge in [-0.1, -0.05) is 12.1 Å². The van der Waals surface area contributed by atoms with Crippen molar-refractivity contribution in [2.24, 2.45) is 0 Å². The summed E-state index contributed by atoms with van der Waals surface area (Å²) >= 11 is 0. The predicted molar refractivity (Wildman–Crippen MR) is 93.6 cm³/mol. The highest BCUT2D eigenvalue weighted by atomic mass is 16.5. The normalized spacial score (nSPS) is 20.6. The molecule has 1 unspecified atom stereocenters. The van der Waals surface area contributed by atoms with Crippen molar-refractivity contribution in [3.63, 3.8) is 0 Å². The molecule has 0 radical (unpaired) electrons. The van der Waals surface area contributed by atoms with Gasteiger partial charge < -0.3 is 14.2 Å². The maximum absolute atomic E-state index is 12.4. The van der Waals surface area contributed by atoms with Crippen LogP contribution in [0.4, 0.5) is 0 Å². The standard InChI is InChI=1S/C19H27NO4/c1-5-10-19(18(21)24-4)11-6-12-20(19)13-9-15-7-8-16(22-2)17(14-15)23-3/h5,7-8,14H,1,6,9-13H2,2-4H3. The summed E-state index contributed by atoms with van der Waals surface area (Å²) in [4.78, 5) is 14.6. The molecule has 132 valence electrons. The fraction of sp³-hybridized carbons (Fsp3) is 0.526. The van der Waals surface area contributed by atoms with Gasteiger partial charge in [-0.2, -0.15) is 0 Å². The lowest BCUT2D eigenvalue weighted by atomic mass is 9.91. The summed E-state index contributed by atoms with van der Waals surface area (Å²) in [5.74, 6) is 1.28. The van der Waals surface area contributed by atoms with Gasteiger partial charge in [0.05, 0.1) is 21.3 Å². The van der Waals surface area contributed by atoms with E-state index >= 15 is 0 Å². The molecule has 1 aromatic rings. The average molecular weight is 333 g/mol. The van der Waals surface area contributed by atoms with Crippen LogP contribution in [0.2, 0.25) is 0 Å². The van der Waals surface area contributed by atoms with Crippen LogP contribution >= 0.6 is 0 Å². The van der Waals surface area contributed by atoms with Gasteiger partial charge in [0.25, 0.3) is 0 Å².